The Labute approximate surface area is 160 Å². The van der Waals surface area contributed by atoms with Gasteiger partial charge in [0.25, 0.3) is 0 Å². The van der Waals surface area contributed by atoms with Gasteiger partial charge in [0.15, 0.2) is 0 Å². The highest BCUT2D eigenvalue weighted by molar-refractivity contribution is 5.89. The number of aromatic amines is 2. The molecule has 10 heteroatoms. The number of hydrogen-bond donors (Lipinski definition) is 3. The number of imidazole rings is 1. The van der Waals surface area contributed by atoms with E-state index < -0.39 is 5.41 Å². The number of hydrogen-bond acceptors (Lipinski definition) is 6. The second kappa shape index (κ2) is 7.00. The van der Waals surface area contributed by atoms with Gasteiger partial charge in [0, 0.05) is 36.5 Å². The highest BCUT2D eigenvalue weighted by atomic mass is 15.3. The van der Waals surface area contributed by atoms with E-state index in [2.05, 4.69) is 36.0 Å². The molecule has 0 aromatic carbocycles. The van der Waals surface area contributed by atoms with E-state index >= 15 is 0 Å². The van der Waals surface area contributed by atoms with Crippen LogP contribution in [0.4, 0.5) is 0 Å². The molecule has 4 N–H and O–H groups in total. The van der Waals surface area contributed by atoms with Gasteiger partial charge in [0.1, 0.15) is 23.5 Å². The van der Waals surface area contributed by atoms with Crippen molar-refractivity contribution in [1.82, 2.24) is 29.8 Å². The average molecular weight is 374 g/mol. The summed E-state index contributed by atoms with van der Waals surface area (Å²) in [6.45, 7) is 1.20. The summed E-state index contributed by atoms with van der Waals surface area (Å²) in [6.07, 6.45) is 8.49. The van der Waals surface area contributed by atoms with Crippen LogP contribution in [0.2, 0.25) is 0 Å². The fourth-order valence-electron chi connectivity index (χ4n) is 3.73. The van der Waals surface area contributed by atoms with Crippen LogP contribution in [0.3, 0.4) is 0 Å². The van der Waals surface area contributed by atoms with Crippen molar-refractivity contribution in [3.05, 3.63) is 30.6 Å². The van der Waals surface area contributed by atoms with E-state index in [0.29, 0.717) is 32.4 Å². The lowest BCUT2D eigenvalue weighted by Gasteiger charge is -2.39. The molecule has 3 aromatic rings. The monoisotopic (exact) mass is 374 g/mol. The van der Waals surface area contributed by atoms with Gasteiger partial charge in [0.05, 0.1) is 18.0 Å². The Balaban J connectivity index is 1.64. The Morgan fingerprint density at radius 2 is 2.11 bits per heavy atom. The molecular formula is C18H18N10. The molecule has 0 atom stereocenters. The van der Waals surface area contributed by atoms with Gasteiger partial charge in [-0.3, -0.25) is 0 Å². The van der Waals surface area contributed by atoms with E-state index in [4.69, 9.17) is 11.0 Å². The predicted molar refractivity (Wildman–Crippen MR) is 101 cm³/mol. The fourth-order valence-corrected chi connectivity index (χ4v) is 3.73. The first-order valence-electron chi connectivity index (χ1n) is 8.85. The summed E-state index contributed by atoms with van der Waals surface area (Å²) >= 11 is 0. The van der Waals surface area contributed by atoms with Crippen molar-refractivity contribution < 1.29 is 0 Å². The summed E-state index contributed by atoms with van der Waals surface area (Å²) in [5.74, 6) is 0.978. The van der Waals surface area contributed by atoms with Crippen LogP contribution in [0.15, 0.2) is 29.8 Å². The van der Waals surface area contributed by atoms with Crippen molar-refractivity contribution >= 4 is 17.0 Å². The van der Waals surface area contributed by atoms with Crippen LogP contribution in [0.1, 0.15) is 25.1 Å². The standard InChI is InChI=1S/C18H18N10/c19-5-2-18(3-7-28(8-4-18)17(21)24-10-20)16-23-9-13(27-16)14-12-1-6-22-15(12)26-11-25-14/h1,6,9,11H,2-4,7-8H2,(H2,21,24)(H,23,27)(H,22,25,26). The average Bonchev–Trinajstić information content (AvgIpc) is 3.38. The van der Waals surface area contributed by atoms with Crippen molar-refractivity contribution in [2.24, 2.45) is 10.7 Å². The second-order valence-electron chi connectivity index (χ2n) is 6.78. The van der Waals surface area contributed by atoms with Crippen LogP contribution in [0.5, 0.6) is 0 Å². The third-order valence-corrected chi connectivity index (χ3v) is 5.31. The lowest BCUT2D eigenvalue weighted by molar-refractivity contribution is 0.218. The van der Waals surface area contributed by atoms with Gasteiger partial charge < -0.3 is 20.6 Å². The molecule has 28 heavy (non-hydrogen) atoms. The van der Waals surface area contributed by atoms with Crippen molar-refractivity contribution in [2.75, 3.05) is 13.1 Å². The SMILES string of the molecule is N#CCC1(c2ncc(-c3ncnc4[nH]ccc34)[nH]2)CCN(C(N)=NC#N)CC1. The Morgan fingerprint density at radius 3 is 2.86 bits per heavy atom. The Bertz CT molecular complexity index is 1100. The third kappa shape index (κ3) is 2.91. The minimum absolute atomic E-state index is 0.212. The molecule has 0 radical (unpaired) electrons. The Hall–Kier alpha value is -3.92. The maximum absolute atomic E-state index is 9.42. The molecule has 1 aliphatic heterocycles. The number of nitriles is 2. The first kappa shape index (κ1) is 17.5. The Morgan fingerprint density at radius 1 is 1.29 bits per heavy atom. The van der Waals surface area contributed by atoms with Gasteiger partial charge in [-0.25, -0.2) is 15.0 Å². The molecule has 4 heterocycles. The summed E-state index contributed by atoms with van der Waals surface area (Å²) in [4.78, 5) is 25.1. The second-order valence-corrected chi connectivity index (χ2v) is 6.78. The fraction of sp³-hybridized carbons (Fsp3) is 0.333. The number of nitrogens with zero attached hydrogens (tertiary/aromatic N) is 7. The van der Waals surface area contributed by atoms with Gasteiger partial charge in [-0.1, -0.05) is 0 Å². The third-order valence-electron chi connectivity index (χ3n) is 5.31. The molecule has 1 saturated heterocycles. The first-order valence-corrected chi connectivity index (χ1v) is 8.85. The zero-order valence-corrected chi connectivity index (χ0v) is 15.1. The van der Waals surface area contributed by atoms with Gasteiger partial charge in [-0.05, 0) is 18.9 Å². The molecule has 10 nitrogen and oxygen atoms in total. The van der Waals surface area contributed by atoms with Gasteiger partial charge in [-0.15, -0.1) is 4.99 Å². The highest BCUT2D eigenvalue weighted by Crippen LogP contribution is 2.38. The first-order chi connectivity index (χ1) is 13.7. The molecule has 3 aromatic heterocycles. The quantitative estimate of drug-likeness (QED) is 0.355. The number of piperidine rings is 1. The van der Waals surface area contributed by atoms with Crippen LogP contribution in [-0.2, 0) is 5.41 Å². The molecule has 4 rings (SSSR count). The van der Waals surface area contributed by atoms with E-state index in [1.165, 1.54) is 6.33 Å². The van der Waals surface area contributed by atoms with Crippen LogP contribution in [0.25, 0.3) is 22.4 Å². The number of likely N-dealkylation sites (tertiary alicyclic amines) is 1. The van der Waals surface area contributed by atoms with E-state index in [1.807, 2.05) is 17.2 Å². The number of nitrogens with one attached hydrogen (secondary N) is 2. The maximum Gasteiger partial charge on any atom is 0.209 e. The molecule has 0 bridgehead atoms. The number of fused-ring (bicyclic) bond motifs is 1. The maximum atomic E-state index is 9.42. The molecule has 0 amide bonds. The zero-order chi connectivity index (χ0) is 19.6. The largest absolute Gasteiger partial charge is 0.369 e. The number of rotatable bonds is 3. The molecule has 140 valence electrons. The summed E-state index contributed by atoms with van der Waals surface area (Å²) in [6, 6.07) is 4.22. The molecule has 0 unspecified atom stereocenters. The van der Waals surface area contributed by atoms with E-state index in [-0.39, 0.29) is 5.96 Å². The van der Waals surface area contributed by atoms with Crippen molar-refractivity contribution in [2.45, 2.75) is 24.7 Å². The van der Waals surface area contributed by atoms with Crippen LogP contribution >= 0.6 is 0 Å². The summed E-state index contributed by atoms with van der Waals surface area (Å²) in [5.41, 5.74) is 7.73. The van der Waals surface area contributed by atoms with E-state index in [1.54, 1.807) is 12.4 Å². The molecule has 0 spiro atoms. The van der Waals surface area contributed by atoms with E-state index in [0.717, 1.165) is 28.2 Å². The summed E-state index contributed by atoms with van der Waals surface area (Å²) in [7, 11) is 0. The molecular weight excluding hydrogens is 356 g/mol. The molecule has 0 saturated carbocycles. The topological polar surface area (TPSA) is 159 Å². The number of aromatic nitrogens is 5. The summed E-state index contributed by atoms with van der Waals surface area (Å²) in [5, 5.41) is 19.0. The summed E-state index contributed by atoms with van der Waals surface area (Å²) < 4.78 is 0. The lowest BCUT2D eigenvalue weighted by atomic mass is 9.75. The van der Waals surface area contributed by atoms with Crippen molar-refractivity contribution in [3.63, 3.8) is 0 Å². The smallest absolute Gasteiger partial charge is 0.209 e. The minimum Gasteiger partial charge on any atom is -0.369 e. The minimum atomic E-state index is -0.402. The van der Waals surface area contributed by atoms with Crippen LogP contribution < -0.4 is 5.73 Å². The Kier molecular flexibility index (Phi) is 4.38. The van der Waals surface area contributed by atoms with Gasteiger partial charge >= 0.3 is 0 Å². The normalized spacial score (nSPS) is 16.6. The van der Waals surface area contributed by atoms with E-state index in [9.17, 15) is 5.26 Å². The van der Waals surface area contributed by atoms with Gasteiger partial charge in [-0.2, -0.15) is 10.5 Å². The zero-order valence-electron chi connectivity index (χ0n) is 15.1. The number of nitrogens with two attached hydrogens (primary N) is 1. The van der Waals surface area contributed by atoms with Gasteiger partial charge in [0.2, 0.25) is 12.2 Å². The molecule has 0 aliphatic carbocycles. The number of H-pyrrole nitrogens is 2. The molecule has 1 aliphatic rings. The van der Waals surface area contributed by atoms with Crippen LogP contribution in [-0.4, -0.2) is 48.9 Å². The number of guanidine groups is 1. The number of aliphatic imine (C=N–C) groups is 1. The lowest BCUT2D eigenvalue weighted by Crippen LogP contribution is -2.48. The van der Waals surface area contributed by atoms with Crippen molar-refractivity contribution in [3.8, 4) is 23.7 Å². The predicted octanol–water partition coefficient (Wildman–Crippen LogP) is 1.39. The van der Waals surface area contributed by atoms with Crippen molar-refractivity contribution in [1.29, 1.82) is 10.5 Å². The molecule has 1 fully saturated rings. The van der Waals surface area contributed by atoms with Crippen LogP contribution in [0, 0.1) is 22.8 Å². The highest BCUT2D eigenvalue weighted by Gasteiger charge is 2.39.